The van der Waals surface area contributed by atoms with Gasteiger partial charge in [-0.05, 0) is 37.8 Å². The summed E-state index contributed by atoms with van der Waals surface area (Å²) in [4.78, 5) is 15.4. The van der Waals surface area contributed by atoms with Gasteiger partial charge in [0.25, 0.3) is 0 Å². The first-order chi connectivity index (χ1) is 9.63. The molecule has 1 amide bonds. The van der Waals surface area contributed by atoms with Crippen molar-refractivity contribution >= 4 is 29.7 Å². The second kappa shape index (κ2) is 8.73. The quantitative estimate of drug-likeness (QED) is 0.841. The van der Waals surface area contributed by atoms with E-state index >= 15 is 0 Å². The number of aliphatic hydroxyl groups excluding tert-OH is 1. The number of likely N-dealkylation sites (tertiary alicyclic amines) is 1. The Balaban J connectivity index is 0.00000220. The molecule has 0 aliphatic carbocycles. The molecule has 2 heterocycles. The number of nitrogens with one attached hydrogen (secondary N) is 1. The number of amides is 1. The first kappa shape index (κ1) is 18.4. The molecule has 0 spiro atoms. The highest BCUT2D eigenvalue weighted by molar-refractivity contribution is 7.10. The lowest BCUT2D eigenvalue weighted by molar-refractivity contribution is -0.136. The van der Waals surface area contributed by atoms with Crippen LogP contribution in [0.25, 0.3) is 0 Å². The molecule has 1 aliphatic rings. The molecule has 0 radical (unpaired) electrons. The predicted octanol–water partition coefficient (Wildman–Crippen LogP) is 2.44. The van der Waals surface area contributed by atoms with Crippen LogP contribution in [0.2, 0.25) is 0 Å². The zero-order valence-corrected chi connectivity index (χ0v) is 14.3. The Bertz CT molecular complexity index is 427. The standard InChI is InChI=1S/C15H24N2O2S.ClH/c1-11(10-16-2)15(19)17-7-3-5-12(17)9-13(18)14-6-4-8-20-14;/h4,6,8,11-13,16,18H,3,5,7,9-10H2,1-2H3;1H. The van der Waals surface area contributed by atoms with Crippen molar-refractivity contribution in [1.82, 2.24) is 10.2 Å². The Kier molecular flexibility index (Phi) is 7.66. The molecule has 3 unspecified atom stereocenters. The smallest absolute Gasteiger partial charge is 0.226 e. The maximum absolute atomic E-state index is 12.4. The molecule has 120 valence electrons. The SMILES string of the molecule is CNCC(C)C(=O)N1CCCC1CC(O)c1cccs1.Cl. The van der Waals surface area contributed by atoms with Gasteiger partial charge in [0, 0.05) is 29.9 Å². The first-order valence-corrected chi connectivity index (χ1v) is 8.18. The first-order valence-electron chi connectivity index (χ1n) is 7.30. The average molecular weight is 333 g/mol. The normalized spacial score (nSPS) is 20.9. The molecular weight excluding hydrogens is 308 g/mol. The van der Waals surface area contributed by atoms with E-state index in [2.05, 4.69) is 5.32 Å². The Morgan fingerprint density at radius 3 is 3.00 bits per heavy atom. The number of nitrogens with zero attached hydrogens (tertiary/aromatic N) is 1. The van der Waals surface area contributed by atoms with E-state index < -0.39 is 6.10 Å². The summed E-state index contributed by atoms with van der Waals surface area (Å²) in [6.07, 6.45) is 2.24. The Labute approximate surface area is 136 Å². The molecule has 21 heavy (non-hydrogen) atoms. The highest BCUT2D eigenvalue weighted by Crippen LogP contribution is 2.30. The van der Waals surface area contributed by atoms with Crippen LogP contribution in [0.4, 0.5) is 0 Å². The van der Waals surface area contributed by atoms with E-state index in [0.29, 0.717) is 13.0 Å². The predicted molar refractivity (Wildman–Crippen MR) is 89.0 cm³/mol. The van der Waals surface area contributed by atoms with Gasteiger partial charge in [0.2, 0.25) is 5.91 Å². The maximum Gasteiger partial charge on any atom is 0.226 e. The number of hydrogen-bond acceptors (Lipinski definition) is 4. The fourth-order valence-electron chi connectivity index (χ4n) is 2.90. The molecule has 1 aromatic rings. The lowest BCUT2D eigenvalue weighted by atomic mass is 10.0. The Hall–Kier alpha value is -0.620. The summed E-state index contributed by atoms with van der Waals surface area (Å²) in [7, 11) is 1.87. The van der Waals surface area contributed by atoms with Crippen LogP contribution in [-0.4, -0.2) is 42.1 Å². The van der Waals surface area contributed by atoms with Gasteiger partial charge in [0.05, 0.1) is 6.10 Å². The van der Waals surface area contributed by atoms with Gasteiger partial charge in [-0.15, -0.1) is 23.7 Å². The number of hydrogen-bond donors (Lipinski definition) is 2. The second-order valence-electron chi connectivity index (χ2n) is 5.55. The molecule has 1 fully saturated rings. The van der Waals surface area contributed by atoms with Gasteiger partial charge in [-0.25, -0.2) is 0 Å². The molecule has 0 bridgehead atoms. The van der Waals surface area contributed by atoms with Gasteiger partial charge in [-0.3, -0.25) is 4.79 Å². The van der Waals surface area contributed by atoms with E-state index in [1.165, 1.54) is 0 Å². The van der Waals surface area contributed by atoms with Gasteiger partial charge in [0.1, 0.15) is 0 Å². The van der Waals surface area contributed by atoms with Crippen LogP contribution in [0.3, 0.4) is 0 Å². The van der Waals surface area contributed by atoms with E-state index in [9.17, 15) is 9.90 Å². The van der Waals surface area contributed by atoms with Gasteiger partial charge >= 0.3 is 0 Å². The monoisotopic (exact) mass is 332 g/mol. The molecule has 1 saturated heterocycles. The molecule has 0 saturated carbocycles. The number of halogens is 1. The third kappa shape index (κ3) is 4.68. The molecule has 6 heteroatoms. The van der Waals surface area contributed by atoms with Crippen molar-refractivity contribution in [2.24, 2.45) is 5.92 Å². The van der Waals surface area contributed by atoms with E-state index in [-0.39, 0.29) is 30.3 Å². The van der Waals surface area contributed by atoms with Crippen LogP contribution in [-0.2, 0) is 4.79 Å². The zero-order chi connectivity index (χ0) is 14.5. The molecule has 2 N–H and O–H groups in total. The molecule has 2 rings (SSSR count). The van der Waals surface area contributed by atoms with Crippen LogP contribution in [0.15, 0.2) is 17.5 Å². The summed E-state index contributed by atoms with van der Waals surface area (Å²) >= 11 is 1.58. The molecule has 0 aromatic carbocycles. The Morgan fingerprint density at radius 2 is 2.38 bits per heavy atom. The topological polar surface area (TPSA) is 52.6 Å². The van der Waals surface area contributed by atoms with Crippen LogP contribution in [0.1, 0.15) is 37.2 Å². The van der Waals surface area contributed by atoms with E-state index in [0.717, 1.165) is 24.3 Å². The second-order valence-corrected chi connectivity index (χ2v) is 6.53. The summed E-state index contributed by atoms with van der Waals surface area (Å²) in [5.41, 5.74) is 0. The van der Waals surface area contributed by atoms with Crippen molar-refractivity contribution in [2.75, 3.05) is 20.1 Å². The van der Waals surface area contributed by atoms with E-state index in [1.54, 1.807) is 11.3 Å². The summed E-state index contributed by atoms with van der Waals surface area (Å²) in [6.45, 7) is 3.49. The summed E-state index contributed by atoms with van der Waals surface area (Å²) in [5.74, 6) is 0.208. The fourth-order valence-corrected chi connectivity index (χ4v) is 3.63. The minimum Gasteiger partial charge on any atom is -0.387 e. The van der Waals surface area contributed by atoms with Crippen LogP contribution < -0.4 is 5.32 Å². The molecule has 4 nitrogen and oxygen atoms in total. The molecular formula is C15H25ClN2O2S. The fraction of sp³-hybridized carbons (Fsp3) is 0.667. The van der Waals surface area contributed by atoms with Crippen molar-refractivity contribution in [3.05, 3.63) is 22.4 Å². The van der Waals surface area contributed by atoms with Crippen molar-refractivity contribution in [2.45, 2.75) is 38.3 Å². The van der Waals surface area contributed by atoms with Gasteiger partial charge in [-0.1, -0.05) is 13.0 Å². The van der Waals surface area contributed by atoms with Crippen molar-refractivity contribution in [1.29, 1.82) is 0 Å². The van der Waals surface area contributed by atoms with Crippen LogP contribution >= 0.6 is 23.7 Å². The molecule has 1 aliphatic heterocycles. The molecule has 3 atom stereocenters. The minimum absolute atomic E-state index is 0. The Morgan fingerprint density at radius 1 is 1.62 bits per heavy atom. The van der Waals surface area contributed by atoms with Gasteiger partial charge in [0.15, 0.2) is 0 Å². The lowest BCUT2D eigenvalue weighted by Gasteiger charge is -2.28. The third-order valence-electron chi connectivity index (χ3n) is 3.96. The summed E-state index contributed by atoms with van der Waals surface area (Å²) in [5, 5.41) is 15.3. The average Bonchev–Trinajstić information content (AvgIpc) is 3.09. The number of carbonyl (C=O) groups is 1. The van der Waals surface area contributed by atoms with E-state index in [1.807, 2.05) is 36.4 Å². The maximum atomic E-state index is 12.4. The molecule has 1 aromatic heterocycles. The number of thiophene rings is 1. The zero-order valence-electron chi connectivity index (χ0n) is 12.6. The van der Waals surface area contributed by atoms with Crippen molar-refractivity contribution in [3.63, 3.8) is 0 Å². The lowest BCUT2D eigenvalue weighted by Crippen LogP contribution is -2.42. The van der Waals surface area contributed by atoms with Gasteiger partial charge in [-0.2, -0.15) is 0 Å². The number of aliphatic hydroxyl groups is 1. The van der Waals surface area contributed by atoms with E-state index in [4.69, 9.17) is 0 Å². The number of carbonyl (C=O) groups excluding carboxylic acids is 1. The van der Waals surface area contributed by atoms with Crippen molar-refractivity contribution in [3.8, 4) is 0 Å². The highest BCUT2D eigenvalue weighted by atomic mass is 35.5. The summed E-state index contributed by atoms with van der Waals surface area (Å²) in [6, 6.07) is 4.09. The highest BCUT2D eigenvalue weighted by Gasteiger charge is 2.32. The minimum atomic E-state index is -0.451. The summed E-state index contributed by atoms with van der Waals surface area (Å²) < 4.78 is 0. The number of rotatable bonds is 6. The third-order valence-corrected chi connectivity index (χ3v) is 4.93. The van der Waals surface area contributed by atoms with Crippen LogP contribution in [0, 0.1) is 5.92 Å². The van der Waals surface area contributed by atoms with Crippen molar-refractivity contribution < 1.29 is 9.90 Å². The van der Waals surface area contributed by atoms with Gasteiger partial charge < -0.3 is 15.3 Å². The largest absolute Gasteiger partial charge is 0.387 e. The van der Waals surface area contributed by atoms with Crippen LogP contribution in [0.5, 0.6) is 0 Å².